The summed E-state index contributed by atoms with van der Waals surface area (Å²) in [6.07, 6.45) is -16.2. The number of carbonyl (C=O) groups is 1. The van der Waals surface area contributed by atoms with E-state index in [1.54, 1.807) is 0 Å². The van der Waals surface area contributed by atoms with Gasteiger partial charge in [-0.3, -0.25) is 4.79 Å². The number of carbonyl (C=O) groups excluding carboxylic acids is 1. The van der Waals surface area contributed by atoms with Crippen molar-refractivity contribution in [3.8, 4) is 11.6 Å². The number of alkyl halides is 8. The van der Waals surface area contributed by atoms with E-state index in [2.05, 4.69) is 15.2 Å². The quantitative estimate of drug-likeness (QED) is 0.548. The van der Waals surface area contributed by atoms with Crippen LogP contribution in [0.25, 0.3) is 11.6 Å². The molecule has 2 aromatic rings. The summed E-state index contributed by atoms with van der Waals surface area (Å²) in [5.74, 6) is -7.48. The molecule has 2 aromatic heterocycles. The monoisotopic (exact) mass is 474 g/mol. The summed E-state index contributed by atoms with van der Waals surface area (Å²) >= 11 is 0. The lowest BCUT2D eigenvalue weighted by atomic mass is 9.92. The first kappa shape index (κ1) is 23.8. The fourth-order valence-electron chi connectivity index (χ4n) is 3.10. The highest BCUT2D eigenvalue weighted by atomic mass is 19.4. The highest BCUT2D eigenvalue weighted by molar-refractivity contribution is 5.97. The zero-order valence-corrected chi connectivity index (χ0v) is 15.8. The number of fused-ring (bicyclic) bond motifs is 5. The van der Waals surface area contributed by atoms with E-state index in [4.69, 9.17) is 10.2 Å². The molecule has 1 aliphatic heterocycles. The van der Waals surface area contributed by atoms with Crippen LogP contribution in [0, 0.1) is 0 Å². The van der Waals surface area contributed by atoms with Gasteiger partial charge in [-0.2, -0.15) is 26.3 Å². The molecule has 0 spiro atoms. The van der Waals surface area contributed by atoms with Crippen LogP contribution in [-0.2, 0) is 11.8 Å². The van der Waals surface area contributed by atoms with Gasteiger partial charge >= 0.3 is 12.4 Å². The molecule has 0 amide bonds. The number of nitrogen functional groups attached to an aromatic ring is 1. The number of nitrogens with zero attached hydrogens (tertiary/aromatic N) is 3. The normalized spacial score (nSPS) is 22.5. The summed E-state index contributed by atoms with van der Waals surface area (Å²) in [5.41, 5.74) is -2.68. The number of aromatic nitrogens is 3. The molecule has 7 nitrogen and oxygen atoms in total. The molecule has 32 heavy (non-hydrogen) atoms. The molecule has 0 aliphatic carbocycles. The van der Waals surface area contributed by atoms with Gasteiger partial charge in [0.15, 0.2) is 11.5 Å². The topological polar surface area (TPSA) is 115 Å². The SMILES string of the molecule is Nc1cc(C(F)(F)F)c2nc1-c1nnc(o1)[C@](O)(C(F)(F)F)CCC(F)(F)CCCC2=O. The molecule has 4 bridgehead atoms. The molecule has 3 rings (SSSR count). The first-order chi connectivity index (χ1) is 14.6. The van der Waals surface area contributed by atoms with Crippen molar-refractivity contribution in [2.75, 3.05) is 5.73 Å². The standard InChI is InChI=1S/C17H14F8N4O3/c18-14(19)3-1-2-9(30)10-7(16(20,21)22)6-8(26)11(27-10)12-28-29-13(32-12)15(31,5-4-14)17(23,24)25/h6,31H,1-5,26H2/t15-/m0/s1. The molecular formula is C17H14F8N4O3. The van der Waals surface area contributed by atoms with Gasteiger partial charge in [-0.05, 0) is 18.9 Å². The Hall–Kier alpha value is -2.84. The van der Waals surface area contributed by atoms with E-state index in [9.17, 15) is 45.0 Å². The van der Waals surface area contributed by atoms with Crippen LogP contribution in [-0.4, -0.2) is 38.2 Å². The van der Waals surface area contributed by atoms with E-state index >= 15 is 0 Å². The van der Waals surface area contributed by atoms with Crippen LogP contribution in [0.15, 0.2) is 10.5 Å². The van der Waals surface area contributed by atoms with Gasteiger partial charge in [0, 0.05) is 19.3 Å². The molecule has 0 aromatic carbocycles. The fraction of sp³-hybridized carbons (Fsp3) is 0.529. The number of halogens is 8. The second-order valence-electron chi connectivity index (χ2n) is 7.22. The smallest absolute Gasteiger partial charge is 0.416 e. The van der Waals surface area contributed by atoms with Crippen molar-refractivity contribution >= 4 is 11.5 Å². The summed E-state index contributed by atoms with van der Waals surface area (Å²) in [6, 6.07) is 0.301. The third-order valence-corrected chi connectivity index (χ3v) is 4.87. The van der Waals surface area contributed by atoms with Gasteiger partial charge in [-0.1, -0.05) is 0 Å². The lowest BCUT2D eigenvalue weighted by molar-refractivity contribution is -0.280. The molecule has 0 unspecified atom stereocenters. The predicted molar refractivity (Wildman–Crippen MR) is 89.3 cm³/mol. The van der Waals surface area contributed by atoms with Crippen molar-refractivity contribution in [3.05, 3.63) is 23.2 Å². The van der Waals surface area contributed by atoms with Crippen LogP contribution < -0.4 is 5.73 Å². The molecule has 15 heteroatoms. The number of Topliss-reactive ketones (excluding diaryl/α,β-unsaturated/α-hetero) is 1. The fourth-order valence-corrected chi connectivity index (χ4v) is 3.10. The van der Waals surface area contributed by atoms with Crippen molar-refractivity contribution in [1.29, 1.82) is 0 Å². The Bertz CT molecular complexity index is 1030. The molecule has 3 N–H and O–H groups in total. The second kappa shape index (κ2) is 7.64. The van der Waals surface area contributed by atoms with Crippen LogP contribution in [0.4, 0.5) is 40.8 Å². The van der Waals surface area contributed by atoms with Gasteiger partial charge < -0.3 is 15.3 Å². The second-order valence-corrected chi connectivity index (χ2v) is 7.22. The number of anilines is 1. The van der Waals surface area contributed by atoms with Gasteiger partial charge in [0.25, 0.3) is 11.8 Å². The zero-order chi connectivity index (χ0) is 24.1. The van der Waals surface area contributed by atoms with Crippen LogP contribution in [0.3, 0.4) is 0 Å². The van der Waals surface area contributed by atoms with Crippen LogP contribution >= 0.6 is 0 Å². The first-order valence-corrected chi connectivity index (χ1v) is 8.97. The molecule has 1 atom stereocenters. The molecule has 0 saturated carbocycles. The Morgan fingerprint density at radius 3 is 2.28 bits per heavy atom. The van der Waals surface area contributed by atoms with Crippen molar-refractivity contribution in [2.24, 2.45) is 0 Å². The lowest BCUT2D eigenvalue weighted by Gasteiger charge is -2.28. The number of ketones is 1. The maximum atomic E-state index is 14.1. The predicted octanol–water partition coefficient (Wildman–Crippen LogP) is 4.26. The van der Waals surface area contributed by atoms with Gasteiger partial charge in [0.1, 0.15) is 5.69 Å². The van der Waals surface area contributed by atoms with E-state index in [-0.39, 0.29) is 0 Å². The molecule has 0 fully saturated rings. The molecular weight excluding hydrogens is 460 g/mol. The van der Waals surface area contributed by atoms with Crippen molar-refractivity contribution in [1.82, 2.24) is 15.2 Å². The van der Waals surface area contributed by atoms with Gasteiger partial charge in [-0.25, -0.2) is 13.8 Å². The number of rotatable bonds is 0. The minimum Gasteiger partial charge on any atom is -0.416 e. The Labute approximate surface area is 173 Å². The third-order valence-electron chi connectivity index (χ3n) is 4.87. The zero-order valence-electron chi connectivity index (χ0n) is 15.8. The van der Waals surface area contributed by atoms with E-state index in [1.165, 1.54) is 0 Å². The third kappa shape index (κ3) is 4.38. The summed E-state index contributed by atoms with van der Waals surface area (Å²) in [7, 11) is 0. The van der Waals surface area contributed by atoms with Crippen molar-refractivity contribution in [2.45, 2.75) is 56.0 Å². The average molecular weight is 474 g/mol. The molecule has 0 radical (unpaired) electrons. The van der Waals surface area contributed by atoms with Crippen molar-refractivity contribution < 1.29 is 49.4 Å². The summed E-state index contributed by atoms with van der Waals surface area (Å²) in [5, 5.41) is 16.4. The summed E-state index contributed by atoms with van der Waals surface area (Å²) in [4.78, 5) is 15.8. The highest BCUT2D eigenvalue weighted by Crippen LogP contribution is 2.45. The number of hydrogen-bond donors (Lipinski definition) is 2. The Morgan fingerprint density at radius 1 is 1.03 bits per heavy atom. The maximum absolute atomic E-state index is 14.1. The van der Waals surface area contributed by atoms with E-state index in [1.807, 2.05) is 0 Å². The van der Waals surface area contributed by atoms with E-state index in [0.29, 0.717) is 6.07 Å². The average Bonchev–Trinajstić information content (AvgIpc) is 3.13. The minimum atomic E-state index is -5.51. The van der Waals surface area contributed by atoms with Crippen LogP contribution in [0.5, 0.6) is 0 Å². The Kier molecular flexibility index (Phi) is 5.68. The Morgan fingerprint density at radius 2 is 1.69 bits per heavy atom. The highest BCUT2D eigenvalue weighted by Gasteiger charge is 2.59. The number of nitrogens with two attached hydrogens (primary N) is 1. The van der Waals surface area contributed by atoms with Crippen LogP contribution in [0.1, 0.15) is 54.0 Å². The van der Waals surface area contributed by atoms with Gasteiger partial charge in [0.05, 0.1) is 11.3 Å². The number of hydrogen-bond acceptors (Lipinski definition) is 7. The van der Waals surface area contributed by atoms with Gasteiger partial charge in [-0.15, -0.1) is 10.2 Å². The summed E-state index contributed by atoms with van der Waals surface area (Å²) < 4.78 is 114. The maximum Gasteiger partial charge on any atom is 0.426 e. The van der Waals surface area contributed by atoms with Crippen LogP contribution in [0.2, 0.25) is 0 Å². The van der Waals surface area contributed by atoms with Gasteiger partial charge in [0.2, 0.25) is 11.5 Å². The molecule has 0 saturated heterocycles. The van der Waals surface area contributed by atoms with Crippen molar-refractivity contribution in [3.63, 3.8) is 0 Å². The molecule has 3 heterocycles. The molecule has 1 aliphatic rings. The first-order valence-electron chi connectivity index (χ1n) is 8.97. The Balaban J connectivity index is 2.23. The van der Waals surface area contributed by atoms with E-state index in [0.717, 1.165) is 0 Å². The molecule has 176 valence electrons. The number of aliphatic hydroxyl groups is 1. The summed E-state index contributed by atoms with van der Waals surface area (Å²) in [6.45, 7) is 0. The lowest BCUT2D eigenvalue weighted by Crippen LogP contribution is -2.43. The number of pyridine rings is 1. The largest absolute Gasteiger partial charge is 0.426 e. The van der Waals surface area contributed by atoms with E-state index < -0.39 is 96.2 Å². The minimum absolute atomic E-state index is 0.301.